The molecule has 2 bridgehead atoms. The molecule has 0 fully saturated rings. The molecule has 5 atom stereocenters. The first-order chi connectivity index (χ1) is 25.0. The number of rotatable bonds is 7. The number of carboxylic acids is 1. The third-order valence-corrected chi connectivity index (χ3v) is 10.1. The number of carbonyl (C=O) groups excluding carboxylic acids is 5. The first-order valence-electron chi connectivity index (χ1n) is 16.9. The van der Waals surface area contributed by atoms with Crippen LogP contribution in [0.15, 0.2) is 90.3 Å². The number of thioether (sulfide) groups is 1. The number of allylic oxidation sites excluding steroid dienone is 1. The molecular weight excluding hydrogens is 706 g/mol. The normalized spacial score (nSPS) is 23.4. The average molecular weight is 746 g/mol. The molecule has 6 N–H and O–H groups in total. The lowest BCUT2D eigenvalue weighted by Crippen LogP contribution is -2.59. The van der Waals surface area contributed by atoms with E-state index in [1.54, 1.807) is 72.8 Å². The van der Waals surface area contributed by atoms with Crippen molar-refractivity contribution in [2.45, 2.75) is 74.4 Å². The van der Waals surface area contributed by atoms with Gasteiger partial charge in [0.15, 0.2) is 0 Å². The van der Waals surface area contributed by atoms with Crippen LogP contribution in [0.5, 0.6) is 0 Å². The Kier molecular flexibility index (Phi) is 13.5. The van der Waals surface area contributed by atoms with Crippen molar-refractivity contribution in [3.63, 3.8) is 0 Å². The first-order valence-corrected chi connectivity index (χ1v) is 18.3. The number of nitrogens with one attached hydrogen (secondary N) is 5. The number of aliphatic carboxylic acids is 1. The van der Waals surface area contributed by atoms with Crippen molar-refractivity contribution in [2.24, 2.45) is 0 Å². The molecule has 272 valence electrons. The number of fused-ring (bicyclic) bond motifs is 18. The summed E-state index contributed by atoms with van der Waals surface area (Å²) in [6.07, 6.45) is 2.56. The topological polar surface area (TPSA) is 183 Å². The predicted molar refractivity (Wildman–Crippen MR) is 198 cm³/mol. The van der Waals surface area contributed by atoms with Gasteiger partial charge in [0.25, 0.3) is 0 Å². The molecule has 0 spiro atoms. The highest BCUT2D eigenvalue weighted by molar-refractivity contribution is 8.03. The van der Waals surface area contributed by atoms with E-state index in [4.69, 9.17) is 11.6 Å². The lowest BCUT2D eigenvalue weighted by molar-refractivity contribution is -0.142. The summed E-state index contributed by atoms with van der Waals surface area (Å²) in [5, 5.41) is 26.1. The molecule has 0 aromatic heterocycles. The van der Waals surface area contributed by atoms with Gasteiger partial charge in [-0.3, -0.25) is 24.0 Å². The Morgan fingerprint density at radius 2 is 1.31 bits per heavy atom. The smallest absolute Gasteiger partial charge is 0.326 e. The van der Waals surface area contributed by atoms with E-state index >= 15 is 0 Å². The van der Waals surface area contributed by atoms with Gasteiger partial charge < -0.3 is 31.7 Å². The number of carbonyl (C=O) groups is 6. The van der Waals surface area contributed by atoms with Gasteiger partial charge in [0.05, 0.1) is 0 Å². The van der Waals surface area contributed by atoms with E-state index in [0.29, 0.717) is 33.8 Å². The number of amides is 5. The zero-order valence-electron chi connectivity index (χ0n) is 28.2. The lowest BCUT2D eigenvalue weighted by Gasteiger charge is -2.27. The molecule has 1 unspecified atom stereocenters. The van der Waals surface area contributed by atoms with E-state index in [9.17, 15) is 33.9 Å². The van der Waals surface area contributed by atoms with Crippen LogP contribution < -0.4 is 26.6 Å². The maximum Gasteiger partial charge on any atom is 0.326 e. The third-order valence-electron chi connectivity index (χ3n) is 8.69. The highest BCUT2D eigenvalue weighted by Gasteiger charge is 2.33. The van der Waals surface area contributed by atoms with Crippen molar-refractivity contribution >= 4 is 64.6 Å². The maximum absolute atomic E-state index is 14.1. The lowest BCUT2D eigenvalue weighted by atomic mass is 10.0. The Bertz CT molecular complexity index is 1780. The quantitative estimate of drug-likeness (QED) is 0.199. The van der Waals surface area contributed by atoms with Crippen molar-refractivity contribution in [3.8, 4) is 0 Å². The minimum atomic E-state index is -1.34. The second-order valence-electron chi connectivity index (χ2n) is 12.7. The number of hydrogen-bond acceptors (Lipinski definition) is 7. The average Bonchev–Trinajstić information content (AvgIpc) is 3.64. The monoisotopic (exact) mass is 745 g/mol. The fraction of sp³-hybridized carbons (Fsp3) is 0.316. The standard InChI is InChI=1S/C38H40ClN5O7S/c39-26-12-8-24(9-13-26)20-30-35(47)42-29(19-23-5-2-1-3-6-23)36(48)44-32(38(50)51)21-25-10-14-27(15-11-25)40-33(45)16-17-34(46)41-31(37(49)43-30)22-28-7-4-18-52-28/h1-6,8-15,18,28-32H,7,16-17,19-22H2,(H,40,45)(H,41,46)(H,42,47)(H,43,49)(H,44,48)(H,50,51)/t28?,29-,30+,31-,32+/m1/s1. The Hall–Kier alpha value is -5.14. The Morgan fingerprint density at radius 3 is 1.92 bits per heavy atom. The highest BCUT2D eigenvalue weighted by Crippen LogP contribution is 2.28. The molecule has 0 aliphatic carbocycles. The summed E-state index contributed by atoms with van der Waals surface area (Å²) in [5.41, 5.74) is 2.39. The van der Waals surface area contributed by atoms with E-state index in [2.05, 4.69) is 26.6 Å². The molecule has 14 heteroatoms. The van der Waals surface area contributed by atoms with Gasteiger partial charge in [0, 0.05) is 48.1 Å². The summed E-state index contributed by atoms with van der Waals surface area (Å²) in [6.45, 7) is 0. The zero-order valence-corrected chi connectivity index (χ0v) is 29.8. The van der Waals surface area contributed by atoms with Crippen LogP contribution in [0, 0.1) is 0 Å². The second-order valence-corrected chi connectivity index (χ2v) is 14.4. The predicted octanol–water partition coefficient (Wildman–Crippen LogP) is 3.53. The van der Waals surface area contributed by atoms with Crippen molar-refractivity contribution in [3.05, 3.63) is 112 Å². The van der Waals surface area contributed by atoms with Crippen LogP contribution in [0.2, 0.25) is 5.02 Å². The second kappa shape index (κ2) is 18.4. The Labute approximate surface area is 310 Å². The number of hydrogen-bond donors (Lipinski definition) is 6. The van der Waals surface area contributed by atoms with Gasteiger partial charge in [-0.2, -0.15) is 0 Å². The summed E-state index contributed by atoms with van der Waals surface area (Å²) in [6, 6.07) is 17.3. The van der Waals surface area contributed by atoms with Crippen LogP contribution in [0.4, 0.5) is 5.69 Å². The fourth-order valence-corrected chi connectivity index (χ4v) is 6.99. The molecular formula is C38H40ClN5O7S. The number of anilines is 1. The van der Waals surface area contributed by atoms with E-state index in [0.717, 1.165) is 0 Å². The SMILES string of the molecule is O=C1CCC(=O)N[C@H](CC2CC=CS2)C(=O)N[C@@H](Cc2ccc(Cl)cc2)C(=O)N[C@H](Cc2ccccc2)C(=O)N[C@H](C(=O)O)Cc2ccc(cc2)N1. The number of carboxylic acid groups (broad SMARTS) is 1. The molecule has 0 radical (unpaired) electrons. The number of halogens is 1. The van der Waals surface area contributed by atoms with E-state index in [1.807, 2.05) is 17.6 Å². The maximum atomic E-state index is 14.1. The van der Waals surface area contributed by atoms with E-state index < -0.39 is 59.7 Å². The summed E-state index contributed by atoms with van der Waals surface area (Å²) < 4.78 is 0. The molecule has 12 nitrogen and oxygen atoms in total. The molecule has 3 aromatic rings. The Balaban J connectivity index is 1.48. The third kappa shape index (κ3) is 11.4. The zero-order chi connectivity index (χ0) is 37.0. The fourth-order valence-electron chi connectivity index (χ4n) is 5.89. The molecule has 0 saturated heterocycles. The number of benzene rings is 3. The molecule has 3 aliphatic rings. The van der Waals surface area contributed by atoms with Crippen molar-refractivity contribution in [1.29, 1.82) is 0 Å². The van der Waals surface area contributed by atoms with Gasteiger partial charge in [0.2, 0.25) is 29.5 Å². The van der Waals surface area contributed by atoms with Crippen LogP contribution in [0.25, 0.3) is 0 Å². The summed E-state index contributed by atoms with van der Waals surface area (Å²) in [5.74, 6) is -4.24. The molecule has 52 heavy (non-hydrogen) atoms. The Morgan fingerprint density at radius 1 is 0.712 bits per heavy atom. The van der Waals surface area contributed by atoms with Gasteiger partial charge in [0.1, 0.15) is 24.2 Å². The van der Waals surface area contributed by atoms with Crippen LogP contribution in [-0.4, -0.2) is 70.0 Å². The van der Waals surface area contributed by atoms with Gasteiger partial charge in [-0.05, 0) is 59.2 Å². The van der Waals surface area contributed by atoms with Crippen molar-refractivity contribution in [2.75, 3.05) is 5.32 Å². The van der Waals surface area contributed by atoms with Crippen LogP contribution >= 0.6 is 23.4 Å². The van der Waals surface area contributed by atoms with Crippen LogP contribution in [0.1, 0.15) is 42.4 Å². The van der Waals surface area contributed by atoms with Gasteiger partial charge in [-0.15, -0.1) is 11.8 Å². The minimum Gasteiger partial charge on any atom is -0.480 e. The molecule has 3 aliphatic heterocycles. The highest BCUT2D eigenvalue weighted by atomic mass is 35.5. The van der Waals surface area contributed by atoms with Gasteiger partial charge in [-0.25, -0.2) is 4.79 Å². The van der Waals surface area contributed by atoms with Gasteiger partial charge >= 0.3 is 5.97 Å². The van der Waals surface area contributed by atoms with Crippen molar-refractivity contribution in [1.82, 2.24) is 21.3 Å². The summed E-state index contributed by atoms with van der Waals surface area (Å²) in [4.78, 5) is 80.1. The molecule has 6 rings (SSSR count). The van der Waals surface area contributed by atoms with Crippen LogP contribution in [0.3, 0.4) is 0 Å². The largest absolute Gasteiger partial charge is 0.480 e. The van der Waals surface area contributed by atoms with E-state index in [1.165, 1.54) is 11.8 Å². The molecule has 3 heterocycles. The van der Waals surface area contributed by atoms with Crippen molar-refractivity contribution < 1.29 is 33.9 Å². The molecule has 3 aromatic carbocycles. The molecule has 5 amide bonds. The molecule has 0 saturated carbocycles. The first kappa shape index (κ1) is 38.1. The van der Waals surface area contributed by atoms with Crippen LogP contribution in [-0.2, 0) is 48.0 Å². The summed E-state index contributed by atoms with van der Waals surface area (Å²) in [7, 11) is 0. The minimum absolute atomic E-state index is 0.00136. The summed E-state index contributed by atoms with van der Waals surface area (Å²) >= 11 is 7.64. The van der Waals surface area contributed by atoms with Gasteiger partial charge in [-0.1, -0.05) is 72.3 Å². The van der Waals surface area contributed by atoms with E-state index in [-0.39, 0.29) is 43.8 Å².